The lowest BCUT2D eigenvalue weighted by atomic mass is 9.72. The van der Waals surface area contributed by atoms with E-state index >= 15 is 0 Å². The number of rotatable bonds is 0. The second kappa shape index (κ2) is 4.27. The summed E-state index contributed by atoms with van der Waals surface area (Å²) in [6, 6.07) is 12.3. The zero-order valence-electron chi connectivity index (χ0n) is 13.4. The summed E-state index contributed by atoms with van der Waals surface area (Å²) in [7, 11) is 0. The van der Waals surface area contributed by atoms with Crippen LogP contribution in [0.4, 0.5) is 11.4 Å². The molecule has 2 heteroatoms. The number of hydrogen-bond acceptors (Lipinski definition) is 2. The van der Waals surface area contributed by atoms with E-state index < -0.39 is 0 Å². The molecule has 0 saturated heterocycles. The Morgan fingerprint density at radius 2 is 1.62 bits per heavy atom. The number of aromatic hydroxyl groups is 1. The first-order valence-corrected chi connectivity index (χ1v) is 7.45. The minimum absolute atomic E-state index is 0.0785. The molecule has 2 aromatic rings. The van der Waals surface area contributed by atoms with E-state index in [1.807, 2.05) is 6.07 Å². The third-order valence-corrected chi connectivity index (χ3v) is 4.50. The van der Waals surface area contributed by atoms with Crippen LogP contribution in [0.15, 0.2) is 36.4 Å². The van der Waals surface area contributed by atoms with E-state index in [0.29, 0.717) is 5.75 Å². The Hall–Kier alpha value is -1.96. The monoisotopic (exact) mass is 281 g/mol. The summed E-state index contributed by atoms with van der Waals surface area (Å²) in [5.74, 6) is 0.298. The maximum atomic E-state index is 9.72. The lowest BCUT2D eigenvalue weighted by Gasteiger charge is -2.37. The Labute approximate surface area is 126 Å². The highest BCUT2D eigenvalue weighted by Crippen LogP contribution is 2.47. The zero-order valence-corrected chi connectivity index (χ0v) is 13.4. The standard InChI is InChI=1S/C19H23NO/c1-18(2,3)12-6-9-16-15(10-12)19(4,5)14-8-7-13(21)11-17(14)20-16/h6-11,20-21H,1-5H3. The number of phenols is 1. The van der Waals surface area contributed by atoms with Gasteiger partial charge in [-0.3, -0.25) is 0 Å². The molecule has 0 radical (unpaired) electrons. The molecule has 0 atom stereocenters. The van der Waals surface area contributed by atoms with E-state index in [-0.39, 0.29) is 10.8 Å². The van der Waals surface area contributed by atoms with Crippen molar-refractivity contribution in [3.8, 4) is 5.75 Å². The molecule has 1 aliphatic rings. The van der Waals surface area contributed by atoms with Gasteiger partial charge in [0.15, 0.2) is 0 Å². The lowest BCUT2D eigenvalue weighted by Crippen LogP contribution is -2.27. The van der Waals surface area contributed by atoms with Crippen LogP contribution in [0, 0.1) is 0 Å². The molecule has 0 amide bonds. The summed E-state index contributed by atoms with van der Waals surface area (Å²) in [5.41, 5.74) is 6.07. The highest BCUT2D eigenvalue weighted by molar-refractivity contribution is 5.76. The third kappa shape index (κ3) is 2.19. The molecule has 0 fully saturated rings. The first kappa shape index (κ1) is 14.0. The molecule has 2 aromatic carbocycles. The summed E-state index contributed by atoms with van der Waals surface area (Å²) in [5, 5.41) is 13.2. The van der Waals surface area contributed by atoms with Gasteiger partial charge >= 0.3 is 0 Å². The summed E-state index contributed by atoms with van der Waals surface area (Å²) >= 11 is 0. The highest BCUT2D eigenvalue weighted by Gasteiger charge is 2.33. The SMILES string of the molecule is CC(C)(C)c1ccc2c(c1)C(C)(C)c1ccc(O)cc1N2. The number of fused-ring (bicyclic) bond motifs is 2. The number of hydrogen-bond donors (Lipinski definition) is 2. The van der Waals surface area contributed by atoms with Crippen LogP contribution < -0.4 is 5.32 Å². The molecule has 0 aliphatic carbocycles. The highest BCUT2D eigenvalue weighted by atomic mass is 16.3. The van der Waals surface area contributed by atoms with Gasteiger partial charge in [-0.05, 0) is 34.2 Å². The van der Waals surface area contributed by atoms with Gasteiger partial charge < -0.3 is 10.4 Å². The van der Waals surface area contributed by atoms with E-state index in [0.717, 1.165) is 11.4 Å². The third-order valence-electron chi connectivity index (χ3n) is 4.50. The minimum atomic E-state index is -0.0785. The van der Waals surface area contributed by atoms with Crippen molar-refractivity contribution in [1.82, 2.24) is 0 Å². The normalized spacial score (nSPS) is 15.9. The number of phenolic OH excluding ortho intramolecular Hbond substituents is 1. The van der Waals surface area contributed by atoms with Crippen molar-refractivity contribution in [2.75, 3.05) is 5.32 Å². The van der Waals surface area contributed by atoms with Crippen LogP contribution in [0.3, 0.4) is 0 Å². The van der Waals surface area contributed by atoms with Gasteiger partial charge in [-0.15, -0.1) is 0 Å². The van der Waals surface area contributed by atoms with Crippen LogP contribution in [0.1, 0.15) is 51.3 Å². The topological polar surface area (TPSA) is 32.3 Å². The predicted octanol–water partition coefficient (Wildman–Crippen LogP) is 5.07. The summed E-state index contributed by atoms with van der Waals surface area (Å²) in [6.07, 6.45) is 0. The Kier molecular flexibility index (Phi) is 2.84. The molecule has 2 nitrogen and oxygen atoms in total. The Morgan fingerprint density at radius 3 is 2.29 bits per heavy atom. The summed E-state index contributed by atoms with van der Waals surface area (Å²) in [6.45, 7) is 11.2. The molecule has 21 heavy (non-hydrogen) atoms. The predicted molar refractivity (Wildman–Crippen MR) is 88.7 cm³/mol. The van der Waals surface area contributed by atoms with Crippen LogP contribution >= 0.6 is 0 Å². The number of anilines is 2. The number of benzene rings is 2. The molecule has 0 saturated carbocycles. The van der Waals surface area contributed by atoms with E-state index in [9.17, 15) is 5.11 Å². The second-order valence-corrected chi connectivity index (χ2v) is 7.49. The Bertz CT molecular complexity index is 708. The van der Waals surface area contributed by atoms with Gasteiger partial charge in [0.25, 0.3) is 0 Å². The smallest absolute Gasteiger partial charge is 0.117 e. The van der Waals surface area contributed by atoms with Crippen molar-refractivity contribution >= 4 is 11.4 Å². The largest absolute Gasteiger partial charge is 0.508 e. The molecular formula is C19H23NO. The van der Waals surface area contributed by atoms with Crippen LogP contribution in [0.25, 0.3) is 0 Å². The van der Waals surface area contributed by atoms with E-state index in [1.165, 1.54) is 16.7 Å². The van der Waals surface area contributed by atoms with Crippen LogP contribution in [0.2, 0.25) is 0 Å². The number of nitrogens with one attached hydrogen (secondary N) is 1. The average molecular weight is 281 g/mol. The van der Waals surface area contributed by atoms with Crippen LogP contribution in [-0.4, -0.2) is 5.11 Å². The Morgan fingerprint density at radius 1 is 0.905 bits per heavy atom. The van der Waals surface area contributed by atoms with E-state index in [1.54, 1.807) is 12.1 Å². The van der Waals surface area contributed by atoms with Crippen LogP contribution in [0.5, 0.6) is 5.75 Å². The van der Waals surface area contributed by atoms with Gasteiger partial charge in [0, 0.05) is 22.9 Å². The van der Waals surface area contributed by atoms with Crippen molar-refractivity contribution in [3.63, 3.8) is 0 Å². The fraction of sp³-hybridized carbons (Fsp3) is 0.368. The molecule has 3 rings (SSSR count). The van der Waals surface area contributed by atoms with Crippen molar-refractivity contribution in [1.29, 1.82) is 0 Å². The summed E-state index contributed by atoms with van der Waals surface area (Å²) < 4.78 is 0. The molecule has 2 N–H and O–H groups in total. The van der Waals surface area contributed by atoms with Gasteiger partial charge in [-0.1, -0.05) is 52.8 Å². The first-order valence-electron chi connectivity index (χ1n) is 7.45. The fourth-order valence-electron chi connectivity index (χ4n) is 3.11. The molecule has 0 unspecified atom stereocenters. The van der Waals surface area contributed by atoms with Crippen molar-refractivity contribution in [2.45, 2.75) is 45.4 Å². The van der Waals surface area contributed by atoms with E-state index in [2.05, 4.69) is 58.1 Å². The van der Waals surface area contributed by atoms with Crippen molar-refractivity contribution in [2.24, 2.45) is 0 Å². The quantitative estimate of drug-likeness (QED) is 0.706. The fourth-order valence-corrected chi connectivity index (χ4v) is 3.11. The van der Waals surface area contributed by atoms with Gasteiger partial charge in [0.05, 0.1) is 0 Å². The van der Waals surface area contributed by atoms with E-state index in [4.69, 9.17) is 0 Å². The molecular weight excluding hydrogens is 258 g/mol. The van der Waals surface area contributed by atoms with Crippen molar-refractivity contribution < 1.29 is 5.11 Å². The van der Waals surface area contributed by atoms with Gasteiger partial charge in [-0.2, -0.15) is 0 Å². The molecule has 1 aliphatic heterocycles. The van der Waals surface area contributed by atoms with Gasteiger partial charge in [0.1, 0.15) is 5.75 Å². The zero-order chi connectivity index (χ0) is 15.4. The summed E-state index contributed by atoms with van der Waals surface area (Å²) in [4.78, 5) is 0. The molecule has 1 heterocycles. The van der Waals surface area contributed by atoms with Gasteiger partial charge in [0.2, 0.25) is 0 Å². The van der Waals surface area contributed by atoms with Gasteiger partial charge in [-0.25, -0.2) is 0 Å². The first-order chi connectivity index (χ1) is 9.69. The molecule has 0 spiro atoms. The maximum absolute atomic E-state index is 9.72. The molecule has 110 valence electrons. The van der Waals surface area contributed by atoms with Crippen molar-refractivity contribution in [3.05, 3.63) is 53.1 Å². The van der Waals surface area contributed by atoms with Crippen LogP contribution in [-0.2, 0) is 10.8 Å². The second-order valence-electron chi connectivity index (χ2n) is 7.49. The molecule has 0 bridgehead atoms. The lowest BCUT2D eigenvalue weighted by molar-refractivity contribution is 0.474. The average Bonchev–Trinajstić information content (AvgIpc) is 2.36. The minimum Gasteiger partial charge on any atom is -0.508 e. The maximum Gasteiger partial charge on any atom is 0.117 e. The Balaban J connectivity index is 2.20. The molecule has 0 aromatic heterocycles.